The van der Waals surface area contributed by atoms with Crippen molar-refractivity contribution in [3.8, 4) is 0 Å². The first-order chi connectivity index (χ1) is 12.0. The molecule has 1 heterocycles. The minimum atomic E-state index is -0.704. The molecule has 0 aliphatic carbocycles. The number of benzene rings is 2. The number of carbonyl (C=O) groups excluding carboxylic acids is 2. The smallest absolute Gasteiger partial charge is 0.267 e. The molecule has 0 saturated carbocycles. The summed E-state index contributed by atoms with van der Waals surface area (Å²) in [6, 6.07) is 14.4. The SMILES string of the molecule is CC1=NN(C(=O)c2cccc([N+](=O)[O-])c2)C(=O)C1=Cc1ccccc1. The van der Waals surface area contributed by atoms with E-state index in [1.54, 1.807) is 13.0 Å². The third-order valence-corrected chi connectivity index (χ3v) is 3.67. The van der Waals surface area contributed by atoms with Crippen LogP contribution >= 0.6 is 0 Å². The van der Waals surface area contributed by atoms with Crippen molar-refractivity contribution >= 4 is 29.3 Å². The Morgan fingerprint density at radius 1 is 1.16 bits per heavy atom. The number of hydrogen-bond donors (Lipinski definition) is 0. The van der Waals surface area contributed by atoms with Crippen molar-refractivity contribution in [3.05, 3.63) is 81.4 Å². The minimum absolute atomic E-state index is 0.0278. The van der Waals surface area contributed by atoms with Gasteiger partial charge in [0, 0.05) is 17.7 Å². The molecular weight excluding hydrogens is 322 g/mol. The Kier molecular flexibility index (Phi) is 4.21. The van der Waals surface area contributed by atoms with E-state index in [9.17, 15) is 19.7 Å². The Bertz CT molecular complexity index is 932. The van der Waals surface area contributed by atoms with Crippen LogP contribution in [0, 0.1) is 10.1 Å². The van der Waals surface area contributed by atoms with Crippen LogP contribution in [0.1, 0.15) is 22.8 Å². The van der Waals surface area contributed by atoms with Gasteiger partial charge in [-0.05, 0) is 24.6 Å². The van der Waals surface area contributed by atoms with Gasteiger partial charge < -0.3 is 0 Å². The maximum atomic E-state index is 12.5. The third kappa shape index (κ3) is 3.20. The fourth-order valence-electron chi connectivity index (χ4n) is 2.41. The van der Waals surface area contributed by atoms with Gasteiger partial charge in [0.2, 0.25) is 0 Å². The molecule has 0 unspecified atom stereocenters. The van der Waals surface area contributed by atoms with Crippen LogP contribution in [0.3, 0.4) is 0 Å². The Hall–Kier alpha value is -3.61. The van der Waals surface area contributed by atoms with E-state index < -0.39 is 16.7 Å². The topological polar surface area (TPSA) is 92.9 Å². The maximum Gasteiger partial charge on any atom is 0.283 e. The Balaban J connectivity index is 1.91. The van der Waals surface area contributed by atoms with Gasteiger partial charge in [0.05, 0.1) is 16.2 Å². The fourth-order valence-corrected chi connectivity index (χ4v) is 2.41. The molecule has 124 valence electrons. The van der Waals surface area contributed by atoms with Crippen molar-refractivity contribution in [1.82, 2.24) is 5.01 Å². The van der Waals surface area contributed by atoms with E-state index in [1.807, 2.05) is 30.3 Å². The molecule has 2 amide bonds. The summed E-state index contributed by atoms with van der Waals surface area (Å²) in [5.74, 6) is -1.26. The van der Waals surface area contributed by atoms with E-state index >= 15 is 0 Å². The number of non-ortho nitro benzene ring substituents is 1. The maximum absolute atomic E-state index is 12.5. The minimum Gasteiger partial charge on any atom is -0.267 e. The highest BCUT2D eigenvalue weighted by molar-refractivity contribution is 6.30. The van der Waals surface area contributed by atoms with Crippen LogP contribution in [0.2, 0.25) is 0 Å². The quantitative estimate of drug-likeness (QED) is 0.373. The van der Waals surface area contributed by atoms with Gasteiger partial charge in [-0.3, -0.25) is 19.7 Å². The molecule has 0 aromatic heterocycles. The van der Waals surface area contributed by atoms with Gasteiger partial charge >= 0.3 is 0 Å². The lowest BCUT2D eigenvalue weighted by Crippen LogP contribution is -2.29. The molecule has 7 heteroatoms. The number of nitrogens with zero attached hydrogens (tertiary/aromatic N) is 3. The van der Waals surface area contributed by atoms with Crippen molar-refractivity contribution in [2.75, 3.05) is 0 Å². The molecule has 0 atom stereocenters. The molecule has 0 fully saturated rings. The third-order valence-electron chi connectivity index (χ3n) is 3.67. The first kappa shape index (κ1) is 16.3. The summed E-state index contributed by atoms with van der Waals surface area (Å²) >= 11 is 0. The van der Waals surface area contributed by atoms with Gasteiger partial charge in [-0.15, -0.1) is 0 Å². The van der Waals surface area contributed by atoms with Gasteiger partial charge in [-0.25, -0.2) is 0 Å². The van der Waals surface area contributed by atoms with E-state index in [0.29, 0.717) is 11.3 Å². The van der Waals surface area contributed by atoms with Crippen molar-refractivity contribution in [2.24, 2.45) is 5.10 Å². The second-order valence-electron chi connectivity index (χ2n) is 5.38. The van der Waals surface area contributed by atoms with Crippen molar-refractivity contribution in [2.45, 2.75) is 6.92 Å². The number of amides is 2. The highest BCUT2D eigenvalue weighted by Gasteiger charge is 2.33. The van der Waals surface area contributed by atoms with Crippen LogP contribution in [0.4, 0.5) is 5.69 Å². The summed E-state index contributed by atoms with van der Waals surface area (Å²) < 4.78 is 0. The summed E-state index contributed by atoms with van der Waals surface area (Å²) in [5, 5.41) is 15.6. The van der Waals surface area contributed by atoms with Gasteiger partial charge in [0.15, 0.2) is 0 Å². The summed E-state index contributed by atoms with van der Waals surface area (Å²) in [7, 11) is 0. The number of imide groups is 1. The Morgan fingerprint density at radius 3 is 2.56 bits per heavy atom. The first-order valence-corrected chi connectivity index (χ1v) is 7.43. The second-order valence-corrected chi connectivity index (χ2v) is 5.38. The summed E-state index contributed by atoms with van der Waals surface area (Å²) in [6.07, 6.45) is 1.65. The molecule has 25 heavy (non-hydrogen) atoms. The number of hydrogen-bond acceptors (Lipinski definition) is 5. The molecule has 0 bridgehead atoms. The Morgan fingerprint density at radius 2 is 1.88 bits per heavy atom. The van der Waals surface area contributed by atoms with E-state index in [1.165, 1.54) is 18.2 Å². The number of nitro groups is 1. The highest BCUT2D eigenvalue weighted by atomic mass is 16.6. The van der Waals surface area contributed by atoms with Crippen LogP contribution in [0.15, 0.2) is 65.3 Å². The molecule has 7 nitrogen and oxygen atoms in total. The zero-order valence-corrected chi connectivity index (χ0v) is 13.2. The van der Waals surface area contributed by atoms with E-state index in [4.69, 9.17) is 0 Å². The van der Waals surface area contributed by atoms with Gasteiger partial charge in [-0.1, -0.05) is 36.4 Å². The lowest BCUT2D eigenvalue weighted by Gasteiger charge is -2.09. The predicted molar refractivity (Wildman–Crippen MR) is 91.8 cm³/mol. The van der Waals surface area contributed by atoms with Crippen LogP contribution < -0.4 is 0 Å². The van der Waals surface area contributed by atoms with Gasteiger partial charge in [0.25, 0.3) is 17.5 Å². The first-order valence-electron chi connectivity index (χ1n) is 7.43. The van der Waals surface area contributed by atoms with Crippen LogP contribution in [0.5, 0.6) is 0 Å². The van der Waals surface area contributed by atoms with Crippen molar-refractivity contribution < 1.29 is 14.5 Å². The molecule has 0 N–H and O–H groups in total. The molecule has 1 aliphatic rings. The van der Waals surface area contributed by atoms with Gasteiger partial charge in [0.1, 0.15) is 0 Å². The monoisotopic (exact) mass is 335 g/mol. The van der Waals surface area contributed by atoms with Crippen LogP contribution in [-0.2, 0) is 4.79 Å². The normalized spacial score (nSPS) is 15.4. The summed E-state index contributed by atoms with van der Waals surface area (Å²) in [5.41, 5.74) is 1.33. The number of hydrazone groups is 1. The number of carbonyl (C=O) groups is 2. The number of rotatable bonds is 3. The van der Waals surface area contributed by atoms with Crippen molar-refractivity contribution in [1.29, 1.82) is 0 Å². The average molecular weight is 335 g/mol. The van der Waals surface area contributed by atoms with Crippen LogP contribution in [-0.4, -0.2) is 27.5 Å². The Labute approximate surface area is 143 Å². The fraction of sp³-hybridized carbons (Fsp3) is 0.0556. The lowest BCUT2D eigenvalue weighted by molar-refractivity contribution is -0.384. The lowest BCUT2D eigenvalue weighted by atomic mass is 10.1. The number of nitro benzene ring substituents is 1. The van der Waals surface area contributed by atoms with E-state index in [-0.39, 0.29) is 11.3 Å². The molecule has 3 rings (SSSR count). The average Bonchev–Trinajstić information content (AvgIpc) is 2.90. The molecule has 2 aromatic carbocycles. The molecule has 2 aromatic rings. The molecular formula is C18H13N3O4. The van der Waals surface area contributed by atoms with Crippen LogP contribution in [0.25, 0.3) is 6.08 Å². The molecule has 0 radical (unpaired) electrons. The predicted octanol–water partition coefficient (Wildman–Crippen LogP) is 3.04. The van der Waals surface area contributed by atoms with Crippen molar-refractivity contribution in [3.63, 3.8) is 0 Å². The standard InChI is InChI=1S/C18H13N3O4/c1-12-16(10-13-6-3-2-4-7-13)18(23)20(19-12)17(22)14-8-5-9-15(11-14)21(24)25/h2-11H,1H3. The summed E-state index contributed by atoms with van der Waals surface area (Å²) in [6.45, 7) is 1.63. The zero-order chi connectivity index (χ0) is 18.0. The largest absolute Gasteiger partial charge is 0.283 e. The molecule has 0 spiro atoms. The zero-order valence-electron chi connectivity index (χ0n) is 13.2. The summed E-state index contributed by atoms with van der Waals surface area (Å²) in [4.78, 5) is 35.3. The van der Waals surface area contributed by atoms with E-state index in [0.717, 1.165) is 16.6 Å². The molecule has 0 saturated heterocycles. The highest BCUT2D eigenvalue weighted by Crippen LogP contribution is 2.22. The molecule has 1 aliphatic heterocycles. The second kappa shape index (κ2) is 6.48. The van der Waals surface area contributed by atoms with Gasteiger partial charge in [-0.2, -0.15) is 10.1 Å². The van der Waals surface area contributed by atoms with E-state index in [2.05, 4.69) is 5.10 Å².